The van der Waals surface area contributed by atoms with Crippen molar-refractivity contribution < 1.29 is 9.63 Å². The summed E-state index contributed by atoms with van der Waals surface area (Å²) in [6.45, 7) is 1.44. The van der Waals surface area contributed by atoms with Gasteiger partial charge in [0.25, 0.3) is 5.89 Å². The quantitative estimate of drug-likeness (QED) is 0.788. The summed E-state index contributed by atoms with van der Waals surface area (Å²) in [4.78, 5) is 14.9. The lowest BCUT2D eigenvalue weighted by atomic mass is 10.2. The summed E-state index contributed by atoms with van der Waals surface area (Å²) in [6.07, 6.45) is 5.60. The normalized spacial score (nSPS) is 17.6. The Hall–Kier alpha value is -2.80. The van der Waals surface area contributed by atoms with Gasteiger partial charge in [0.05, 0.1) is 11.7 Å². The number of hydrogen-bond donors (Lipinski definition) is 1. The Bertz CT molecular complexity index is 788. The molecule has 4 heterocycles. The van der Waals surface area contributed by atoms with Gasteiger partial charge in [0.2, 0.25) is 5.82 Å². The number of pyridine rings is 2. The maximum absolute atomic E-state index is 9.60. The molecule has 0 saturated carbocycles. The summed E-state index contributed by atoms with van der Waals surface area (Å²) in [5.74, 6) is 1.80. The van der Waals surface area contributed by atoms with E-state index in [1.54, 1.807) is 18.6 Å². The molecule has 3 aromatic heterocycles. The predicted octanol–water partition coefficient (Wildman–Crippen LogP) is 1.76. The molecule has 3 aromatic rings. The van der Waals surface area contributed by atoms with Crippen LogP contribution in [-0.2, 0) is 0 Å². The van der Waals surface area contributed by atoms with Gasteiger partial charge in [0, 0.05) is 37.2 Å². The fourth-order valence-corrected chi connectivity index (χ4v) is 2.61. The van der Waals surface area contributed by atoms with Gasteiger partial charge in [0.1, 0.15) is 5.82 Å². The number of nitrogens with zero attached hydrogens (tertiary/aromatic N) is 5. The highest BCUT2D eigenvalue weighted by molar-refractivity contribution is 5.59. The van der Waals surface area contributed by atoms with Crippen LogP contribution in [0.5, 0.6) is 0 Å². The molecule has 1 fully saturated rings. The Labute approximate surface area is 132 Å². The van der Waals surface area contributed by atoms with Crippen LogP contribution in [0.15, 0.2) is 47.4 Å². The number of aromatic nitrogens is 4. The van der Waals surface area contributed by atoms with E-state index in [0.29, 0.717) is 18.3 Å². The van der Waals surface area contributed by atoms with Crippen LogP contribution in [0, 0.1) is 0 Å². The van der Waals surface area contributed by atoms with Gasteiger partial charge in [-0.1, -0.05) is 5.16 Å². The van der Waals surface area contributed by atoms with Crippen LogP contribution < -0.4 is 4.90 Å². The fraction of sp³-hybridized carbons (Fsp3) is 0.250. The summed E-state index contributed by atoms with van der Waals surface area (Å²) in [5.41, 5.74) is 1.62. The highest BCUT2D eigenvalue weighted by Gasteiger charge is 2.21. The fourth-order valence-electron chi connectivity index (χ4n) is 2.61. The second-order valence-corrected chi connectivity index (χ2v) is 5.45. The Morgan fingerprint density at radius 2 is 2.00 bits per heavy atom. The topological polar surface area (TPSA) is 88.2 Å². The zero-order valence-corrected chi connectivity index (χ0v) is 12.3. The number of aliphatic hydroxyl groups is 1. The van der Waals surface area contributed by atoms with Crippen LogP contribution in [0.1, 0.15) is 6.42 Å². The summed E-state index contributed by atoms with van der Waals surface area (Å²) < 4.78 is 5.31. The molecular formula is C16H15N5O2. The lowest BCUT2D eigenvalue weighted by molar-refractivity contribution is 0.198. The van der Waals surface area contributed by atoms with Gasteiger partial charge in [-0.05, 0) is 30.7 Å². The third-order valence-electron chi connectivity index (χ3n) is 3.85. The number of aliphatic hydroxyl groups excluding tert-OH is 1. The maximum atomic E-state index is 9.60. The zero-order chi connectivity index (χ0) is 15.6. The van der Waals surface area contributed by atoms with Crippen molar-refractivity contribution >= 4 is 5.82 Å². The molecule has 0 spiro atoms. The molecule has 1 unspecified atom stereocenters. The average molecular weight is 309 g/mol. The summed E-state index contributed by atoms with van der Waals surface area (Å²) in [5, 5.41) is 13.6. The van der Waals surface area contributed by atoms with Gasteiger partial charge in [-0.2, -0.15) is 4.98 Å². The van der Waals surface area contributed by atoms with E-state index in [9.17, 15) is 5.11 Å². The largest absolute Gasteiger partial charge is 0.391 e. The molecule has 116 valence electrons. The smallest absolute Gasteiger partial charge is 0.259 e. The van der Waals surface area contributed by atoms with Crippen LogP contribution in [0.25, 0.3) is 22.8 Å². The maximum Gasteiger partial charge on any atom is 0.259 e. The lowest BCUT2D eigenvalue weighted by Gasteiger charge is -2.16. The molecule has 0 amide bonds. The first-order valence-electron chi connectivity index (χ1n) is 7.43. The van der Waals surface area contributed by atoms with E-state index in [2.05, 4.69) is 25.0 Å². The molecule has 1 aliphatic rings. The Morgan fingerprint density at radius 3 is 2.70 bits per heavy atom. The molecular weight excluding hydrogens is 294 g/mol. The Morgan fingerprint density at radius 1 is 1.13 bits per heavy atom. The van der Waals surface area contributed by atoms with Crippen molar-refractivity contribution in [1.82, 2.24) is 20.1 Å². The van der Waals surface area contributed by atoms with Crippen molar-refractivity contribution in [1.29, 1.82) is 0 Å². The molecule has 1 aliphatic heterocycles. The van der Waals surface area contributed by atoms with Gasteiger partial charge in [-0.3, -0.25) is 4.98 Å². The van der Waals surface area contributed by atoms with E-state index in [1.807, 2.05) is 24.3 Å². The van der Waals surface area contributed by atoms with Gasteiger partial charge in [-0.15, -0.1) is 0 Å². The Balaban J connectivity index is 1.56. The van der Waals surface area contributed by atoms with E-state index >= 15 is 0 Å². The standard InChI is InChI=1S/C16H15N5O2/c22-13-5-8-21(10-13)14-2-1-12(9-18-14)16-19-15(20-23-16)11-3-6-17-7-4-11/h1-4,6-7,9,13,22H,5,8,10H2. The molecule has 0 bridgehead atoms. The van der Waals surface area contributed by atoms with Crippen LogP contribution in [0.4, 0.5) is 5.82 Å². The van der Waals surface area contributed by atoms with E-state index in [4.69, 9.17) is 4.52 Å². The third kappa shape index (κ3) is 2.78. The molecule has 4 rings (SSSR count). The number of rotatable bonds is 3. The van der Waals surface area contributed by atoms with E-state index in [1.165, 1.54) is 0 Å². The van der Waals surface area contributed by atoms with E-state index in [-0.39, 0.29) is 6.10 Å². The lowest BCUT2D eigenvalue weighted by Crippen LogP contribution is -2.21. The summed E-state index contributed by atoms with van der Waals surface area (Å²) >= 11 is 0. The third-order valence-corrected chi connectivity index (χ3v) is 3.85. The van der Waals surface area contributed by atoms with Crippen molar-refractivity contribution in [3.63, 3.8) is 0 Å². The van der Waals surface area contributed by atoms with Crippen LogP contribution in [0.3, 0.4) is 0 Å². The first-order chi connectivity index (χ1) is 11.3. The first kappa shape index (κ1) is 13.8. The van der Waals surface area contributed by atoms with Crippen molar-refractivity contribution in [2.75, 3.05) is 18.0 Å². The molecule has 0 radical (unpaired) electrons. The van der Waals surface area contributed by atoms with Gasteiger partial charge in [-0.25, -0.2) is 4.98 Å². The van der Waals surface area contributed by atoms with Crippen LogP contribution in [0.2, 0.25) is 0 Å². The van der Waals surface area contributed by atoms with Crippen molar-refractivity contribution in [3.8, 4) is 22.8 Å². The molecule has 1 saturated heterocycles. The summed E-state index contributed by atoms with van der Waals surface area (Å²) in [7, 11) is 0. The Kier molecular flexibility index (Phi) is 3.47. The molecule has 1 N–H and O–H groups in total. The SMILES string of the molecule is OC1CCN(c2ccc(-c3nc(-c4ccncc4)no3)cn2)C1. The number of hydrogen-bond acceptors (Lipinski definition) is 7. The zero-order valence-electron chi connectivity index (χ0n) is 12.3. The predicted molar refractivity (Wildman–Crippen MR) is 83.6 cm³/mol. The van der Waals surface area contributed by atoms with Crippen molar-refractivity contribution in [2.24, 2.45) is 0 Å². The second kappa shape index (κ2) is 5.77. The average Bonchev–Trinajstić information content (AvgIpc) is 3.25. The monoisotopic (exact) mass is 309 g/mol. The number of β-amino-alcohol motifs (C(OH)–C–C–N with tert-alkyl or cyclic N) is 1. The molecule has 0 aromatic carbocycles. The van der Waals surface area contributed by atoms with Gasteiger partial charge in [0.15, 0.2) is 0 Å². The van der Waals surface area contributed by atoms with Crippen molar-refractivity contribution in [3.05, 3.63) is 42.9 Å². The molecule has 23 heavy (non-hydrogen) atoms. The van der Waals surface area contributed by atoms with Crippen LogP contribution >= 0.6 is 0 Å². The van der Waals surface area contributed by atoms with E-state index in [0.717, 1.165) is 29.9 Å². The molecule has 1 atom stereocenters. The molecule has 7 nitrogen and oxygen atoms in total. The highest BCUT2D eigenvalue weighted by Crippen LogP contribution is 2.24. The number of anilines is 1. The minimum absolute atomic E-state index is 0.268. The highest BCUT2D eigenvalue weighted by atomic mass is 16.5. The minimum Gasteiger partial charge on any atom is -0.391 e. The second-order valence-electron chi connectivity index (χ2n) is 5.45. The van der Waals surface area contributed by atoms with Crippen LogP contribution in [-0.4, -0.2) is 44.4 Å². The van der Waals surface area contributed by atoms with Gasteiger partial charge >= 0.3 is 0 Å². The molecule has 7 heteroatoms. The summed E-state index contributed by atoms with van der Waals surface area (Å²) in [6, 6.07) is 7.46. The van der Waals surface area contributed by atoms with Crippen molar-refractivity contribution in [2.45, 2.75) is 12.5 Å². The van der Waals surface area contributed by atoms with Gasteiger partial charge < -0.3 is 14.5 Å². The molecule has 0 aliphatic carbocycles. The minimum atomic E-state index is -0.268. The first-order valence-corrected chi connectivity index (χ1v) is 7.43. The van der Waals surface area contributed by atoms with E-state index < -0.39 is 0 Å².